The summed E-state index contributed by atoms with van der Waals surface area (Å²) in [6, 6.07) is -0.211. The third kappa shape index (κ3) is 5.77. The predicted octanol–water partition coefficient (Wildman–Crippen LogP) is 1.84. The van der Waals surface area contributed by atoms with Crippen LogP contribution in [0.5, 0.6) is 0 Å². The van der Waals surface area contributed by atoms with E-state index in [1.54, 1.807) is 4.90 Å². The summed E-state index contributed by atoms with van der Waals surface area (Å²) in [5.74, 6) is -0.897. The Morgan fingerprint density at radius 3 is 2.60 bits per heavy atom. The number of nitrogens with zero attached hydrogens (tertiary/aromatic N) is 1. The van der Waals surface area contributed by atoms with Crippen molar-refractivity contribution in [1.82, 2.24) is 10.2 Å². The third-order valence-electron chi connectivity index (χ3n) is 3.37. The molecule has 0 bridgehead atoms. The van der Waals surface area contributed by atoms with Gasteiger partial charge in [-0.3, -0.25) is 4.79 Å². The highest BCUT2D eigenvalue weighted by molar-refractivity contribution is 5.76. The molecule has 0 aromatic heterocycles. The van der Waals surface area contributed by atoms with Crippen molar-refractivity contribution in [3.8, 4) is 0 Å². The minimum absolute atomic E-state index is 0.0452. The van der Waals surface area contributed by atoms with Gasteiger partial charge in [-0.1, -0.05) is 0 Å². The standard InChI is InChI=1S/C14H26N2O4/c1-14(2,3)16(9-7-12(17)18)13(19)15-8-6-11-5-4-10-20-11/h11H,4-10H2,1-3H3,(H,15,19)(H,17,18). The van der Waals surface area contributed by atoms with Crippen molar-refractivity contribution in [2.75, 3.05) is 19.7 Å². The van der Waals surface area contributed by atoms with Crippen LogP contribution in [0.2, 0.25) is 0 Å². The van der Waals surface area contributed by atoms with Gasteiger partial charge in [0.1, 0.15) is 0 Å². The van der Waals surface area contributed by atoms with E-state index in [1.165, 1.54) is 0 Å². The Balaban J connectivity index is 2.39. The summed E-state index contributed by atoms with van der Waals surface area (Å²) in [4.78, 5) is 24.4. The number of nitrogens with one attached hydrogen (secondary N) is 1. The number of urea groups is 1. The molecule has 1 aliphatic heterocycles. The smallest absolute Gasteiger partial charge is 0.317 e. The van der Waals surface area contributed by atoms with E-state index in [9.17, 15) is 9.59 Å². The van der Waals surface area contributed by atoms with Gasteiger partial charge in [0, 0.05) is 25.2 Å². The average molecular weight is 286 g/mol. The minimum Gasteiger partial charge on any atom is -0.481 e. The van der Waals surface area contributed by atoms with E-state index in [1.807, 2.05) is 20.8 Å². The zero-order valence-electron chi connectivity index (χ0n) is 12.6. The molecule has 1 fully saturated rings. The number of amides is 2. The van der Waals surface area contributed by atoms with Crippen LogP contribution in [0.1, 0.15) is 46.5 Å². The molecule has 0 aromatic rings. The fourth-order valence-corrected chi connectivity index (χ4v) is 2.26. The fourth-order valence-electron chi connectivity index (χ4n) is 2.26. The number of aliphatic carboxylic acids is 1. The minimum atomic E-state index is -0.897. The molecule has 1 unspecified atom stereocenters. The van der Waals surface area contributed by atoms with Crippen molar-refractivity contribution >= 4 is 12.0 Å². The molecule has 0 radical (unpaired) electrons. The highest BCUT2D eigenvalue weighted by atomic mass is 16.5. The van der Waals surface area contributed by atoms with Crippen molar-refractivity contribution in [2.24, 2.45) is 0 Å². The normalized spacial score (nSPS) is 18.9. The quantitative estimate of drug-likeness (QED) is 0.781. The average Bonchev–Trinajstić information content (AvgIpc) is 2.79. The molecule has 20 heavy (non-hydrogen) atoms. The van der Waals surface area contributed by atoms with Gasteiger partial charge in [0.25, 0.3) is 0 Å². The van der Waals surface area contributed by atoms with E-state index < -0.39 is 11.5 Å². The summed E-state index contributed by atoms with van der Waals surface area (Å²) in [5, 5.41) is 11.6. The Morgan fingerprint density at radius 2 is 2.10 bits per heavy atom. The molecule has 1 rings (SSSR count). The lowest BCUT2D eigenvalue weighted by Gasteiger charge is -2.35. The van der Waals surface area contributed by atoms with Crippen LogP contribution < -0.4 is 5.32 Å². The molecule has 1 heterocycles. The summed E-state index contributed by atoms with van der Waals surface area (Å²) in [6.45, 7) is 7.27. The van der Waals surface area contributed by atoms with E-state index in [-0.39, 0.29) is 25.1 Å². The second-order valence-corrected chi connectivity index (χ2v) is 6.12. The Kier molecular flexibility index (Phi) is 6.26. The van der Waals surface area contributed by atoms with Crippen molar-refractivity contribution < 1.29 is 19.4 Å². The maximum atomic E-state index is 12.2. The van der Waals surface area contributed by atoms with Gasteiger partial charge < -0.3 is 20.1 Å². The molecule has 1 saturated heterocycles. The van der Waals surface area contributed by atoms with Crippen LogP contribution in [-0.4, -0.2) is 53.3 Å². The molecule has 0 saturated carbocycles. The maximum absolute atomic E-state index is 12.2. The number of rotatable bonds is 6. The molecule has 0 aliphatic carbocycles. The van der Waals surface area contributed by atoms with Crippen LogP contribution in [0, 0.1) is 0 Å². The van der Waals surface area contributed by atoms with Gasteiger partial charge in [-0.05, 0) is 40.0 Å². The van der Waals surface area contributed by atoms with Crippen LogP contribution >= 0.6 is 0 Å². The van der Waals surface area contributed by atoms with Gasteiger partial charge in [-0.2, -0.15) is 0 Å². The zero-order chi connectivity index (χ0) is 15.2. The van der Waals surface area contributed by atoms with Gasteiger partial charge >= 0.3 is 12.0 Å². The molecule has 0 spiro atoms. The van der Waals surface area contributed by atoms with Gasteiger partial charge in [-0.15, -0.1) is 0 Å². The second kappa shape index (κ2) is 7.47. The second-order valence-electron chi connectivity index (χ2n) is 6.12. The van der Waals surface area contributed by atoms with E-state index in [0.717, 1.165) is 25.9 Å². The molecule has 1 aliphatic rings. The topological polar surface area (TPSA) is 78.9 Å². The Hall–Kier alpha value is -1.30. The summed E-state index contributed by atoms with van der Waals surface area (Å²) >= 11 is 0. The third-order valence-corrected chi connectivity index (χ3v) is 3.37. The predicted molar refractivity (Wildman–Crippen MR) is 75.7 cm³/mol. The molecule has 6 nitrogen and oxygen atoms in total. The summed E-state index contributed by atoms with van der Waals surface area (Å²) < 4.78 is 5.50. The van der Waals surface area contributed by atoms with Crippen molar-refractivity contribution in [3.05, 3.63) is 0 Å². The summed E-state index contributed by atoms with van der Waals surface area (Å²) in [6.07, 6.45) is 3.15. The lowest BCUT2D eigenvalue weighted by Crippen LogP contribution is -2.51. The Morgan fingerprint density at radius 1 is 1.40 bits per heavy atom. The number of ether oxygens (including phenoxy) is 1. The number of carboxylic acids is 1. The lowest BCUT2D eigenvalue weighted by atomic mass is 10.1. The molecule has 2 N–H and O–H groups in total. The van der Waals surface area contributed by atoms with Crippen LogP contribution in [0.25, 0.3) is 0 Å². The van der Waals surface area contributed by atoms with E-state index in [4.69, 9.17) is 9.84 Å². The van der Waals surface area contributed by atoms with Crippen LogP contribution in [0.3, 0.4) is 0 Å². The molecule has 0 aromatic carbocycles. The highest BCUT2D eigenvalue weighted by Crippen LogP contribution is 2.16. The largest absolute Gasteiger partial charge is 0.481 e. The number of carbonyl (C=O) groups is 2. The first-order valence-electron chi connectivity index (χ1n) is 7.19. The SMILES string of the molecule is CC(C)(C)N(CCC(=O)O)C(=O)NCCC1CCCO1. The molecule has 6 heteroatoms. The zero-order valence-corrected chi connectivity index (χ0v) is 12.6. The molecular formula is C14H26N2O4. The Labute approximate surface area is 120 Å². The number of hydrogen-bond acceptors (Lipinski definition) is 3. The molecule has 116 valence electrons. The van der Waals surface area contributed by atoms with Crippen molar-refractivity contribution in [3.63, 3.8) is 0 Å². The van der Waals surface area contributed by atoms with Crippen molar-refractivity contribution in [2.45, 2.75) is 58.1 Å². The van der Waals surface area contributed by atoms with Gasteiger partial charge in [0.15, 0.2) is 0 Å². The first-order chi connectivity index (χ1) is 9.30. The Bertz CT molecular complexity index is 333. The molecular weight excluding hydrogens is 260 g/mol. The number of carboxylic acid groups (broad SMARTS) is 1. The number of carbonyl (C=O) groups excluding carboxylic acids is 1. The van der Waals surface area contributed by atoms with Gasteiger partial charge in [-0.25, -0.2) is 4.79 Å². The monoisotopic (exact) mass is 286 g/mol. The van der Waals surface area contributed by atoms with E-state index in [0.29, 0.717) is 6.54 Å². The lowest BCUT2D eigenvalue weighted by molar-refractivity contribution is -0.137. The summed E-state index contributed by atoms with van der Waals surface area (Å²) in [5.41, 5.74) is -0.399. The fraction of sp³-hybridized carbons (Fsp3) is 0.857. The van der Waals surface area contributed by atoms with E-state index in [2.05, 4.69) is 5.32 Å². The van der Waals surface area contributed by atoms with Gasteiger partial charge in [0.2, 0.25) is 0 Å². The van der Waals surface area contributed by atoms with E-state index >= 15 is 0 Å². The van der Waals surface area contributed by atoms with Crippen LogP contribution in [0.15, 0.2) is 0 Å². The first-order valence-corrected chi connectivity index (χ1v) is 7.19. The maximum Gasteiger partial charge on any atom is 0.317 e. The summed E-state index contributed by atoms with van der Waals surface area (Å²) in [7, 11) is 0. The van der Waals surface area contributed by atoms with Crippen LogP contribution in [-0.2, 0) is 9.53 Å². The van der Waals surface area contributed by atoms with Crippen molar-refractivity contribution in [1.29, 1.82) is 0 Å². The molecule has 2 amide bonds. The molecule has 1 atom stereocenters. The first kappa shape index (κ1) is 16.8. The van der Waals surface area contributed by atoms with Crippen LogP contribution in [0.4, 0.5) is 4.79 Å². The van der Waals surface area contributed by atoms with Gasteiger partial charge in [0.05, 0.1) is 12.5 Å². The highest BCUT2D eigenvalue weighted by Gasteiger charge is 2.26. The number of hydrogen-bond donors (Lipinski definition) is 2.